The summed E-state index contributed by atoms with van der Waals surface area (Å²) < 4.78 is 9.13. The molecular formula is C20H19ClN4O3. The number of nitrogens with one attached hydrogen (secondary N) is 1. The Balaban J connectivity index is 1.85. The van der Waals surface area contributed by atoms with Gasteiger partial charge in [0, 0.05) is 24.2 Å². The van der Waals surface area contributed by atoms with Crippen LogP contribution in [0.15, 0.2) is 50.4 Å². The molecule has 4 aromatic rings. The van der Waals surface area contributed by atoms with Crippen molar-refractivity contribution in [1.29, 1.82) is 0 Å². The monoisotopic (exact) mass is 398 g/mol. The molecule has 7 nitrogen and oxygen atoms in total. The molecule has 3 heterocycles. The smallest absolute Gasteiger partial charge is 0.330 e. The number of benzene rings is 1. The largest absolute Gasteiger partial charge is 0.453 e. The van der Waals surface area contributed by atoms with Gasteiger partial charge in [-0.25, -0.2) is 9.78 Å². The highest BCUT2D eigenvalue weighted by molar-refractivity contribution is 6.30. The van der Waals surface area contributed by atoms with Crippen LogP contribution in [-0.4, -0.2) is 19.1 Å². The van der Waals surface area contributed by atoms with Crippen molar-refractivity contribution in [2.24, 2.45) is 7.05 Å². The van der Waals surface area contributed by atoms with Gasteiger partial charge < -0.3 is 8.98 Å². The van der Waals surface area contributed by atoms with Crippen LogP contribution in [0.1, 0.15) is 19.8 Å². The minimum Gasteiger partial charge on any atom is -0.453 e. The molecule has 0 spiro atoms. The fraction of sp³-hybridized carbons (Fsp3) is 0.250. The van der Waals surface area contributed by atoms with Gasteiger partial charge >= 0.3 is 5.69 Å². The third-order valence-corrected chi connectivity index (χ3v) is 4.96. The van der Waals surface area contributed by atoms with E-state index in [1.807, 2.05) is 25.1 Å². The molecule has 4 rings (SSSR count). The summed E-state index contributed by atoms with van der Waals surface area (Å²) in [6.07, 6.45) is 1.74. The van der Waals surface area contributed by atoms with Crippen LogP contribution >= 0.6 is 11.6 Å². The van der Waals surface area contributed by atoms with Gasteiger partial charge in [0.15, 0.2) is 22.7 Å². The Morgan fingerprint density at radius 1 is 1.11 bits per heavy atom. The molecule has 144 valence electrons. The van der Waals surface area contributed by atoms with Crippen molar-refractivity contribution in [3.8, 4) is 22.9 Å². The second-order valence-electron chi connectivity index (χ2n) is 6.60. The van der Waals surface area contributed by atoms with Crippen molar-refractivity contribution >= 4 is 22.8 Å². The standard InChI is InChI=1S/C20H19ClN4O3/c1-3-4-11-25-18-16(19(26)23-20(25)27)24(2)17(22-18)15-10-9-14(28-15)12-5-7-13(21)8-6-12/h5-10H,3-4,11H2,1-2H3,(H,23,26,27). The van der Waals surface area contributed by atoms with Gasteiger partial charge in [-0.3, -0.25) is 14.3 Å². The number of hydrogen-bond acceptors (Lipinski definition) is 4. The second-order valence-corrected chi connectivity index (χ2v) is 7.04. The molecule has 0 radical (unpaired) electrons. The van der Waals surface area contributed by atoms with Gasteiger partial charge in [-0.15, -0.1) is 0 Å². The summed E-state index contributed by atoms with van der Waals surface area (Å²) in [5.41, 5.74) is 0.682. The van der Waals surface area contributed by atoms with Gasteiger partial charge in [0.25, 0.3) is 5.56 Å². The van der Waals surface area contributed by atoms with Gasteiger partial charge in [0.2, 0.25) is 0 Å². The predicted octanol–water partition coefficient (Wildman–Crippen LogP) is 3.80. The van der Waals surface area contributed by atoms with E-state index in [4.69, 9.17) is 16.0 Å². The highest BCUT2D eigenvalue weighted by atomic mass is 35.5. The summed E-state index contributed by atoms with van der Waals surface area (Å²) in [5.74, 6) is 1.66. The molecule has 0 aliphatic heterocycles. The number of furan rings is 1. The van der Waals surface area contributed by atoms with Crippen molar-refractivity contribution in [3.63, 3.8) is 0 Å². The minimum absolute atomic E-state index is 0.343. The summed E-state index contributed by atoms with van der Waals surface area (Å²) in [6.45, 7) is 2.53. The average Bonchev–Trinajstić information content (AvgIpc) is 3.27. The highest BCUT2D eigenvalue weighted by Crippen LogP contribution is 2.29. The molecule has 0 unspecified atom stereocenters. The Labute approximate surface area is 165 Å². The number of rotatable bonds is 5. The van der Waals surface area contributed by atoms with Gasteiger partial charge in [-0.05, 0) is 42.8 Å². The normalized spacial score (nSPS) is 11.4. The molecule has 1 aromatic carbocycles. The topological polar surface area (TPSA) is 85.8 Å². The van der Waals surface area contributed by atoms with E-state index >= 15 is 0 Å². The molecule has 1 N–H and O–H groups in total. The number of halogens is 1. The molecule has 0 fully saturated rings. The average molecular weight is 399 g/mol. The molecule has 0 atom stereocenters. The first kappa shape index (κ1) is 18.3. The first-order chi connectivity index (χ1) is 13.5. The predicted molar refractivity (Wildman–Crippen MR) is 109 cm³/mol. The minimum atomic E-state index is -0.460. The molecular weight excluding hydrogens is 380 g/mol. The Kier molecular flexibility index (Phi) is 4.68. The zero-order chi connectivity index (χ0) is 19.8. The van der Waals surface area contributed by atoms with Crippen LogP contribution in [-0.2, 0) is 13.6 Å². The number of imidazole rings is 1. The maximum atomic E-state index is 12.4. The number of aryl methyl sites for hydroxylation is 2. The van der Waals surface area contributed by atoms with Crippen LogP contribution in [0, 0.1) is 0 Å². The summed E-state index contributed by atoms with van der Waals surface area (Å²) in [5, 5.41) is 0.648. The fourth-order valence-electron chi connectivity index (χ4n) is 3.22. The van der Waals surface area contributed by atoms with Gasteiger partial charge in [-0.1, -0.05) is 24.9 Å². The molecule has 0 saturated heterocycles. The lowest BCUT2D eigenvalue weighted by atomic mass is 10.2. The van der Waals surface area contributed by atoms with Crippen molar-refractivity contribution in [3.05, 3.63) is 62.3 Å². The Hall–Kier alpha value is -3.06. The highest BCUT2D eigenvalue weighted by Gasteiger charge is 2.19. The number of aromatic amines is 1. The van der Waals surface area contributed by atoms with E-state index in [1.54, 1.807) is 29.8 Å². The van der Waals surface area contributed by atoms with Crippen LogP contribution in [0.2, 0.25) is 5.02 Å². The van der Waals surface area contributed by atoms with Crippen LogP contribution in [0.5, 0.6) is 0 Å². The lowest BCUT2D eigenvalue weighted by molar-refractivity contribution is 0.588. The van der Waals surface area contributed by atoms with Gasteiger partial charge in [-0.2, -0.15) is 0 Å². The van der Waals surface area contributed by atoms with E-state index in [2.05, 4.69) is 9.97 Å². The molecule has 3 aromatic heterocycles. The molecule has 0 bridgehead atoms. The molecule has 0 amide bonds. The first-order valence-electron chi connectivity index (χ1n) is 9.05. The summed E-state index contributed by atoms with van der Waals surface area (Å²) >= 11 is 5.94. The summed E-state index contributed by atoms with van der Waals surface area (Å²) in [6, 6.07) is 11.0. The number of nitrogens with zero attached hydrogens (tertiary/aromatic N) is 3. The lowest BCUT2D eigenvalue weighted by Crippen LogP contribution is -2.31. The number of unbranched alkanes of at least 4 members (excludes halogenated alkanes) is 1. The quantitative estimate of drug-likeness (QED) is 0.554. The zero-order valence-electron chi connectivity index (χ0n) is 15.5. The molecule has 0 aliphatic carbocycles. The Morgan fingerprint density at radius 2 is 1.82 bits per heavy atom. The maximum absolute atomic E-state index is 12.4. The Bertz CT molecular complexity index is 1260. The van der Waals surface area contributed by atoms with E-state index in [9.17, 15) is 9.59 Å². The zero-order valence-corrected chi connectivity index (χ0v) is 16.3. The van der Waals surface area contributed by atoms with Crippen LogP contribution in [0.4, 0.5) is 0 Å². The maximum Gasteiger partial charge on any atom is 0.330 e. The van der Waals surface area contributed by atoms with Crippen LogP contribution in [0.25, 0.3) is 34.1 Å². The molecule has 8 heteroatoms. The number of hydrogen-bond donors (Lipinski definition) is 1. The van der Waals surface area contributed by atoms with E-state index in [0.717, 1.165) is 18.4 Å². The summed E-state index contributed by atoms with van der Waals surface area (Å²) in [4.78, 5) is 31.6. The number of H-pyrrole nitrogens is 1. The van der Waals surface area contributed by atoms with Gasteiger partial charge in [0.05, 0.1) is 0 Å². The summed E-state index contributed by atoms with van der Waals surface area (Å²) in [7, 11) is 1.74. The Morgan fingerprint density at radius 3 is 2.54 bits per heavy atom. The second kappa shape index (κ2) is 7.16. The third kappa shape index (κ3) is 3.07. The van der Waals surface area contributed by atoms with Crippen LogP contribution in [0.3, 0.4) is 0 Å². The van der Waals surface area contributed by atoms with Crippen molar-refractivity contribution < 1.29 is 4.42 Å². The first-order valence-corrected chi connectivity index (χ1v) is 9.43. The van der Waals surface area contributed by atoms with Crippen LogP contribution < -0.4 is 11.2 Å². The van der Waals surface area contributed by atoms with E-state index in [1.165, 1.54) is 4.57 Å². The number of fused-ring (bicyclic) bond motifs is 1. The fourth-order valence-corrected chi connectivity index (χ4v) is 3.34. The van der Waals surface area contributed by atoms with E-state index in [0.29, 0.717) is 40.1 Å². The lowest BCUT2D eigenvalue weighted by Gasteiger charge is -2.04. The van der Waals surface area contributed by atoms with E-state index < -0.39 is 11.2 Å². The van der Waals surface area contributed by atoms with E-state index in [-0.39, 0.29) is 0 Å². The number of aromatic nitrogens is 4. The van der Waals surface area contributed by atoms with Crippen molar-refractivity contribution in [2.45, 2.75) is 26.3 Å². The van der Waals surface area contributed by atoms with Crippen molar-refractivity contribution in [1.82, 2.24) is 19.1 Å². The SMILES string of the molecule is CCCCn1c(=O)[nH]c(=O)c2c1nc(-c1ccc(-c3ccc(Cl)cc3)o1)n2C. The van der Waals surface area contributed by atoms with Crippen molar-refractivity contribution in [2.75, 3.05) is 0 Å². The molecule has 28 heavy (non-hydrogen) atoms. The third-order valence-electron chi connectivity index (χ3n) is 4.70. The molecule has 0 aliphatic rings. The molecule has 0 saturated carbocycles. The van der Waals surface area contributed by atoms with Gasteiger partial charge in [0.1, 0.15) is 5.76 Å².